The number of aromatic amines is 1. The number of amides is 4. The quantitative estimate of drug-likeness (QED) is 0.361. The zero-order valence-corrected chi connectivity index (χ0v) is 25.5. The molecule has 3 aromatic rings. The number of rotatable bonds is 7. The Balaban J connectivity index is 1.60. The average Bonchev–Trinajstić information content (AvgIpc) is 3.47. The van der Waals surface area contributed by atoms with Gasteiger partial charge in [-0.1, -0.05) is 56.4 Å². The molecule has 11 nitrogen and oxygen atoms in total. The molecule has 0 bridgehead atoms. The lowest BCUT2D eigenvalue weighted by atomic mass is 9.78. The summed E-state index contributed by atoms with van der Waals surface area (Å²) in [5.41, 5.74) is 9.40. The molecule has 1 saturated carbocycles. The first kappa shape index (κ1) is 30.2. The Labute approximate surface area is 252 Å². The SMILES string of the molecule is Cc1ccc2c(c1)N(CC(=O)NC(C)(C)C)C(=O)C(N(C(N)=O)c1cccc(-c3nn[nH]n3)c1)CC2CC1CCCCC1. The van der Waals surface area contributed by atoms with E-state index in [4.69, 9.17) is 5.73 Å². The molecule has 1 aliphatic heterocycles. The number of carbonyl (C=O) groups excluding carboxylic acids is 3. The Morgan fingerprint density at radius 3 is 2.56 bits per heavy atom. The molecule has 2 heterocycles. The van der Waals surface area contributed by atoms with E-state index in [0.29, 0.717) is 29.4 Å². The molecular weight excluding hydrogens is 544 g/mol. The van der Waals surface area contributed by atoms with Crippen molar-refractivity contribution >= 4 is 29.2 Å². The Morgan fingerprint density at radius 2 is 1.88 bits per heavy atom. The van der Waals surface area contributed by atoms with Crippen molar-refractivity contribution < 1.29 is 14.4 Å². The fraction of sp³-hybridized carbons (Fsp3) is 0.500. The van der Waals surface area contributed by atoms with E-state index in [-0.39, 0.29) is 24.3 Å². The third-order valence-electron chi connectivity index (χ3n) is 8.41. The Kier molecular flexibility index (Phi) is 8.79. The van der Waals surface area contributed by atoms with Gasteiger partial charge >= 0.3 is 6.03 Å². The number of anilines is 2. The van der Waals surface area contributed by atoms with Crippen molar-refractivity contribution in [2.75, 3.05) is 16.3 Å². The van der Waals surface area contributed by atoms with Crippen LogP contribution in [0.25, 0.3) is 11.4 Å². The van der Waals surface area contributed by atoms with Crippen molar-refractivity contribution in [3.05, 3.63) is 53.6 Å². The summed E-state index contributed by atoms with van der Waals surface area (Å²) in [7, 11) is 0. The summed E-state index contributed by atoms with van der Waals surface area (Å²) in [4.78, 5) is 44.1. The van der Waals surface area contributed by atoms with Crippen molar-refractivity contribution in [1.82, 2.24) is 25.9 Å². The van der Waals surface area contributed by atoms with Crippen LogP contribution in [0.4, 0.5) is 16.2 Å². The number of carbonyl (C=O) groups is 3. The zero-order chi connectivity index (χ0) is 30.7. The van der Waals surface area contributed by atoms with E-state index in [9.17, 15) is 14.4 Å². The number of hydrogen-bond donors (Lipinski definition) is 3. The molecule has 2 aliphatic rings. The molecule has 2 unspecified atom stereocenters. The molecule has 4 N–H and O–H groups in total. The fourth-order valence-corrected chi connectivity index (χ4v) is 6.60. The summed E-state index contributed by atoms with van der Waals surface area (Å²) in [5, 5.41) is 17.2. The second-order valence-electron chi connectivity index (χ2n) is 13.0. The van der Waals surface area contributed by atoms with Gasteiger partial charge in [0.05, 0.1) is 0 Å². The average molecular weight is 587 g/mol. The number of hydrogen-bond acceptors (Lipinski definition) is 6. The third-order valence-corrected chi connectivity index (χ3v) is 8.41. The number of nitrogens with two attached hydrogens (primary N) is 1. The highest BCUT2D eigenvalue weighted by Gasteiger charge is 2.41. The maximum absolute atomic E-state index is 14.6. The second-order valence-corrected chi connectivity index (χ2v) is 13.0. The summed E-state index contributed by atoms with van der Waals surface area (Å²) < 4.78 is 0. The standard InChI is InChI=1S/C32H42N8O3/c1-20-13-14-25-23(16-21-9-6-5-7-10-21)18-27(30(42)39(26(25)15-20)19-28(41)34-32(2,3)4)40(31(33)43)24-12-8-11-22(17-24)29-35-37-38-36-29/h8,11-15,17,21,23,27H,5-7,9-10,16,18-19H2,1-4H3,(H2,33,43)(H,34,41)(H,35,36,37,38). The fourth-order valence-electron chi connectivity index (χ4n) is 6.60. The van der Waals surface area contributed by atoms with Crippen LogP contribution in [-0.4, -0.2) is 56.6 Å². The van der Waals surface area contributed by atoms with Gasteiger partial charge < -0.3 is 16.0 Å². The van der Waals surface area contributed by atoms with E-state index in [0.717, 1.165) is 36.1 Å². The zero-order valence-electron chi connectivity index (χ0n) is 25.5. The summed E-state index contributed by atoms with van der Waals surface area (Å²) in [6, 6.07) is 11.5. The lowest BCUT2D eigenvalue weighted by Crippen LogP contribution is -2.55. The van der Waals surface area contributed by atoms with E-state index in [1.54, 1.807) is 29.2 Å². The van der Waals surface area contributed by atoms with Gasteiger partial charge in [-0.05, 0) is 86.9 Å². The van der Waals surface area contributed by atoms with Gasteiger partial charge in [0.15, 0.2) is 0 Å². The molecular formula is C32H42N8O3. The van der Waals surface area contributed by atoms with Crippen LogP contribution >= 0.6 is 0 Å². The van der Waals surface area contributed by atoms with Crippen molar-refractivity contribution in [3.63, 3.8) is 0 Å². The smallest absolute Gasteiger partial charge is 0.320 e. The van der Waals surface area contributed by atoms with Crippen LogP contribution in [-0.2, 0) is 9.59 Å². The Hall–Kier alpha value is -4.28. The largest absolute Gasteiger partial charge is 0.351 e. The summed E-state index contributed by atoms with van der Waals surface area (Å²) >= 11 is 0. The number of nitrogens with one attached hydrogen (secondary N) is 2. The maximum Gasteiger partial charge on any atom is 0.320 e. The molecule has 1 aromatic heterocycles. The maximum atomic E-state index is 14.6. The number of fused-ring (bicyclic) bond motifs is 1. The first-order valence-electron chi connectivity index (χ1n) is 15.2. The predicted octanol–water partition coefficient (Wildman–Crippen LogP) is 4.83. The van der Waals surface area contributed by atoms with E-state index >= 15 is 0 Å². The molecule has 0 saturated heterocycles. The molecule has 1 aliphatic carbocycles. The molecule has 2 aromatic carbocycles. The van der Waals surface area contributed by atoms with Gasteiger partial charge in [-0.25, -0.2) is 4.79 Å². The molecule has 4 amide bonds. The van der Waals surface area contributed by atoms with Crippen LogP contribution in [0.2, 0.25) is 0 Å². The molecule has 0 spiro atoms. The van der Waals surface area contributed by atoms with Crippen LogP contribution in [0.5, 0.6) is 0 Å². The Bertz CT molecular complexity index is 1460. The lowest BCUT2D eigenvalue weighted by molar-refractivity contribution is -0.125. The number of primary amides is 1. The van der Waals surface area contributed by atoms with E-state index in [2.05, 4.69) is 38.1 Å². The molecule has 11 heteroatoms. The number of aromatic nitrogens is 4. The normalized spacial score (nSPS) is 19.4. The van der Waals surface area contributed by atoms with Crippen LogP contribution in [0.1, 0.15) is 82.8 Å². The van der Waals surface area contributed by atoms with Crippen LogP contribution < -0.4 is 20.9 Å². The Morgan fingerprint density at radius 1 is 1.12 bits per heavy atom. The molecule has 228 valence electrons. The molecule has 2 atom stereocenters. The van der Waals surface area contributed by atoms with Crippen LogP contribution in [0, 0.1) is 12.8 Å². The number of H-pyrrole nitrogens is 1. The molecule has 43 heavy (non-hydrogen) atoms. The highest BCUT2D eigenvalue weighted by Crippen LogP contribution is 2.43. The molecule has 0 radical (unpaired) electrons. The van der Waals surface area contributed by atoms with E-state index in [1.165, 1.54) is 24.2 Å². The first-order chi connectivity index (χ1) is 20.5. The van der Waals surface area contributed by atoms with Gasteiger partial charge in [-0.15, -0.1) is 10.2 Å². The van der Waals surface area contributed by atoms with Gasteiger partial charge in [0, 0.05) is 22.5 Å². The van der Waals surface area contributed by atoms with Crippen LogP contribution in [0.3, 0.4) is 0 Å². The van der Waals surface area contributed by atoms with Crippen molar-refractivity contribution in [2.24, 2.45) is 11.7 Å². The minimum absolute atomic E-state index is 0.00873. The first-order valence-corrected chi connectivity index (χ1v) is 15.2. The van der Waals surface area contributed by atoms with Gasteiger partial charge in [-0.2, -0.15) is 5.21 Å². The topological polar surface area (TPSA) is 150 Å². The van der Waals surface area contributed by atoms with Crippen molar-refractivity contribution in [1.29, 1.82) is 0 Å². The monoisotopic (exact) mass is 586 g/mol. The van der Waals surface area contributed by atoms with E-state index in [1.807, 2.05) is 33.8 Å². The summed E-state index contributed by atoms with van der Waals surface area (Å²) in [6.07, 6.45) is 7.25. The third kappa shape index (κ3) is 7.03. The number of tetrazole rings is 1. The molecule has 1 fully saturated rings. The number of urea groups is 1. The number of nitrogens with zero attached hydrogens (tertiary/aromatic N) is 5. The highest BCUT2D eigenvalue weighted by molar-refractivity contribution is 6.08. The highest BCUT2D eigenvalue weighted by atomic mass is 16.2. The summed E-state index contributed by atoms with van der Waals surface area (Å²) in [6.45, 7) is 7.52. The van der Waals surface area contributed by atoms with Gasteiger partial charge in [0.2, 0.25) is 11.7 Å². The molecule has 5 rings (SSSR count). The number of benzene rings is 2. The van der Waals surface area contributed by atoms with Gasteiger partial charge in [0.1, 0.15) is 12.6 Å². The van der Waals surface area contributed by atoms with Crippen molar-refractivity contribution in [2.45, 2.75) is 90.1 Å². The van der Waals surface area contributed by atoms with Gasteiger partial charge in [-0.3, -0.25) is 14.5 Å². The second kappa shape index (κ2) is 12.5. The van der Waals surface area contributed by atoms with E-state index < -0.39 is 17.6 Å². The van der Waals surface area contributed by atoms with Crippen LogP contribution in [0.15, 0.2) is 42.5 Å². The summed E-state index contributed by atoms with van der Waals surface area (Å²) in [5.74, 6) is 0.263. The van der Waals surface area contributed by atoms with Crippen molar-refractivity contribution in [3.8, 4) is 11.4 Å². The minimum atomic E-state index is -0.929. The lowest BCUT2D eigenvalue weighted by Gasteiger charge is -2.33. The predicted molar refractivity (Wildman–Crippen MR) is 165 cm³/mol. The van der Waals surface area contributed by atoms with Gasteiger partial charge in [0.25, 0.3) is 5.91 Å². The number of aryl methyl sites for hydroxylation is 1. The minimum Gasteiger partial charge on any atom is -0.351 e.